The van der Waals surface area contributed by atoms with Crippen LogP contribution in [0.3, 0.4) is 0 Å². The van der Waals surface area contributed by atoms with Gasteiger partial charge in [0.2, 0.25) is 5.91 Å². The second-order valence-electron chi connectivity index (χ2n) is 6.79. The lowest BCUT2D eigenvalue weighted by Crippen LogP contribution is -2.40. The molecule has 2 aromatic rings. The van der Waals surface area contributed by atoms with Gasteiger partial charge in [-0.3, -0.25) is 14.7 Å². The molecule has 1 aromatic carbocycles. The van der Waals surface area contributed by atoms with Crippen LogP contribution in [-0.2, 0) is 11.3 Å². The quantitative estimate of drug-likeness (QED) is 0.889. The van der Waals surface area contributed by atoms with E-state index < -0.39 is 11.6 Å². The number of hydrogen-bond acceptors (Lipinski definition) is 3. The second-order valence-corrected chi connectivity index (χ2v) is 6.79. The first kappa shape index (κ1) is 18.5. The van der Waals surface area contributed by atoms with E-state index in [1.807, 2.05) is 18.2 Å². The molecule has 0 spiro atoms. The number of pyridine rings is 1. The molecule has 1 atom stereocenters. The number of amides is 1. The van der Waals surface area contributed by atoms with Gasteiger partial charge in [0.25, 0.3) is 0 Å². The Morgan fingerprint density at radius 3 is 2.62 bits per heavy atom. The van der Waals surface area contributed by atoms with Crippen LogP contribution in [0.4, 0.5) is 8.78 Å². The van der Waals surface area contributed by atoms with Crippen molar-refractivity contribution < 1.29 is 13.6 Å². The largest absolute Gasteiger partial charge is 0.348 e. The Balaban J connectivity index is 1.62. The molecule has 0 bridgehead atoms. The van der Waals surface area contributed by atoms with Crippen molar-refractivity contribution in [1.82, 2.24) is 15.2 Å². The van der Waals surface area contributed by atoms with E-state index in [2.05, 4.69) is 15.2 Å². The van der Waals surface area contributed by atoms with Crippen LogP contribution in [0.1, 0.15) is 37.1 Å². The average Bonchev–Trinajstić information content (AvgIpc) is 2.64. The second kappa shape index (κ2) is 8.36. The van der Waals surface area contributed by atoms with Gasteiger partial charge in [-0.1, -0.05) is 12.1 Å². The molecule has 6 heteroatoms. The minimum atomic E-state index is -0.819. The molecule has 1 aliphatic rings. The number of rotatable bonds is 5. The van der Waals surface area contributed by atoms with Crippen LogP contribution in [0, 0.1) is 17.6 Å². The summed E-state index contributed by atoms with van der Waals surface area (Å²) in [6.07, 6.45) is 3.55. The van der Waals surface area contributed by atoms with Crippen molar-refractivity contribution in [2.24, 2.45) is 5.92 Å². The predicted octanol–water partition coefficient (Wildman–Crippen LogP) is 3.45. The summed E-state index contributed by atoms with van der Waals surface area (Å²) in [7, 11) is 0. The first-order chi connectivity index (χ1) is 12.5. The normalized spacial score (nSPS) is 17.0. The Morgan fingerprint density at radius 2 is 2.00 bits per heavy atom. The topological polar surface area (TPSA) is 45.2 Å². The minimum absolute atomic E-state index is 0.0649. The van der Waals surface area contributed by atoms with Gasteiger partial charge in [-0.25, -0.2) is 8.78 Å². The Hall–Kier alpha value is -2.34. The number of likely N-dealkylation sites (tertiary alicyclic amines) is 1. The van der Waals surface area contributed by atoms with Gasteiger partial charge in [0.15, 0.2) is 11.6 Å². The fourth-order valence-corrected chi connectivity index (χ4v) is 3.55. The lowest BCUT2D eigenvalue weighted by atomic mass is 9.87. The number of hydrogen-bond donors (Lipinski definition) is 1. The molecule has 1 amide bonds. The van der Waals surface area contributed by atoms with Crippen molar-refractivity contribution in [3.63, 3.8) is 0 Å². The van der Waals surface area contributed by atoms with Crippen molar-refractivity contribution >= 4 is 5.91 Å². The number of nitrogens with zero attached hydrogens (tertiary/aromatic N) is 2. The van der Waals surface area contributed by atoms with Gasteiger partial charge < -0.3 is 5.32 Å². The van der Waals surface area contributed by atoms with E-state index >= 15 is 0 Å². The van der Waals surface area contributed by atoms with Crippen molar-refractivity contribution in [3.8, 4) is 0 Å². The smallest absolute Gasteiger partial charge is 0.217 e. The zero-order chi connectivity index (χ0) is 18.5. The number of carbonyl (C=O) groups excluding carboxylic acids is 1. The summed E-state index contributed by atoms with van der Waals surface area (Å²) in [5.74, 6) is -1.39. The first-order valence-electron chi connectivity index (χ1n) is 8.87. The van der Waals surface area contributed by atoms with Gasteiger partial charge in [-0.2, -0.15) is 0 Å². The number of halogens is 2. The van der Waals surface area contributed by atoms with Gasteiger partial charge >= 0.3 is 0 Å². The van der Waals surface area contributed by atoms with E-state index in [4.69, 9.17) is 0 Å². The molecule has 1 aliphatic heterocycles. The first-order valence-corrected chi connectivity index (χ1v) is 8.87. The number of benzene rings is 1. The zero-order valence-electron chi connectivity index (χ0n) is 14.8. The maximum Gasteiger partial charge on any atom is 0.217 e. The van der Waals surface area contributed by atoms with Crippen molar-refractivity contribution in [2.45, 2.75) is 32.4 Å². The maximum absolute atomic E-state index is 13.4. The Labute approximate surface area is 152 Å². The molecule has 3 rings (SSSR count). The third-order valence-corrected chi connectivity index (χ3v) is 4.86. The lowest BCUT2D eigenvalue weighted by Gasteiger charge is -2.36. The predicted molar refractivity (Wildman–Crippen MR) is 95.2 cm³/mol. The number of nitrogens with one attached hydrogen (secondary N) is 1. The number of piperidine rings is 1. The third kappa shape index (κ3) is 4.64. The lowest BCUT2D eigenvalue weighted by molar-refractivity contribution is -0.120. The Morgan fingerprint density at radius 1 is 1.23 bits per heavy atom. The van der Waals surface area contributed by atoms with Crippen LogP contribution in [-0.4, -0.2) is 28.9 Å². The van der Waals surface area contributed by atoms with Crippen molar-refractivity contribution in [1.29, 1.82) is 0 Å². The highest BCUT2D eigenvalue weighted by atomic mass is 19.2. The van der Waals surface area contributed by atoms with Crippen molar-refractivity contribution in [2.75, 3.05) is 13.1 Å². The molecule has 4 nitrogen and oxygen atoms in total. The summed E-state index contributed by atoms with van der Waals surface area (Å²) in [4.78, 5) is 18.3. The molecule has 138 valence electrons. The highest BCUT2D eigenvalue weighted by Crippen LogP contribution is 2.30. The van der Waals surface area contributed by atoms with E-state index in [-0.39, 0.29) is 11.9 Å². The summed E-state index contributed by atoms with van der Waals surface area (Å²) >= 11 is 0. The Bertz CT molecular complexity index is 746. The van der Waals surface area contributed by atoms with E-state index in [0.29, 0.717) is 12.5 Å². The number of aromatic nitrogens is 1. The molecule has 1 saturated heterocycles. The maximum atomic E-state index is 13.4. The minimum Gasteiger partial charge on any atom is -0.348 e. The molecular weight excluding hydrogens is 336 g/mol. The highest BCUT2D eigenvalue weighted by Gasteiger charge is 2.29. The molecular formula is C20H23F2N3O. The van der Waals surface area contributed by atoms with E-state index in [0.717, 1.165) is 37.2 Å². The van der Waals surface area contributed by atoms with Gasteiger partial charge in [0.05, 0.1) is 11.7 Å². The molecule has 2 heterocycles. The zero-order valence-corrected chi connectivity index (χ0v) is 14.8. The van der Waals surface area contributed by atoms with Crippen molar-refractivity contribution in [3.05, 3.63) is 65.5 Å². The van der Waals surface area contributed by atoms with Gasteiger partial charge in [-0.15, -0.1) is 0 Å². The summed E-state index contributed by atoms with van der Waals surface area (Å²) in [6, 6.07) is 9.68. The van der Waals surface area contributed by atoms with E-state index in [1.165, 1.54) is 19.1 Å². The van der Waals surface area contributed by atoms with Crippen LogP contribution >= 0.6 is 0 Å². The van der Waals surface area contributed by atoms with Gasteiger partial charge in [0.1, 0.15) is 0 Å². The Kier molecular flexibility index (Phi) is 5.93. The van der Waals surface area contributed by atoms with Crippen LogP contribution in [0.5, 0.6) is 0 Å². The highest BCUT2D eigenvalue weighted by molar-refractivity contribution is 5.73. The summed E-state index contributed by atoms with van der Waals surface area (Å²) < 4.78 is 26.4. The molecule has 0 aliphatic carbocycles. The molecule has 1 unspecified atom stereocenters. The molecule has 0 saturated carbocycles. The molecule has 1 fully saturated rings. The fourth-order valence-electron chi connectivity index (χ4n) is 3.55. The van der Waals surface area contributed by atoms with Crippen LogP contribution < -0.4 is 5.32 Å². The SMILES string of the molecule is CC(=O)NC(c1ccccn1)C1CCN(Cc2ccc(F)c(F)c2)CC1. The van der Waals surface area contributed by atoms with E-state index in [1.54, 1.807) is 12.3 Å². The van der Waals surface area contributed by atoms with Crippen LogP contribution in [0.25, 0.3) is 0 Å². The standard InChI is InChI=1S/C20H23F2N3O/c1-14(26)24-20(19-4-2-3-9-23-19)16-7-10-25(11-8-16)13-15-5-6-17(21)18(22)12-15/h2-6,9,12,16,20H,7-8,10-11,13H2,1H3,(H,24,26). The molecule has 26 heavy (non-hydrogen) atoms. The third-order valence-electron chi connectivity index (χ3n) is 4.86. The van der Waals surface area contributed by atoms with Crippen LogP contribution in [0.15, 0.2) is 42.6 Å². The summed E-state index contributed by atoms with van der Waals surface area (Å²) in [6.45, 7) is 3.80. The summed E-state index contributed by atoms with van der Waals surface area (Å²) in [5, 5.41) is 3.03. The number of carbonyl (C=O) groups is 1. The molecule has 0 radical (unpaired) electrons. The summed E-state index contributed by atoms with van der Waals surface area (Å²) in [5.41, 5.74) is 1.65. The molecule has 1 N–H and O–H groups in total. The van der Waals surface area contributed by atoms with Gasteiger partial charge in [0, 0.05) is 19.7 Å². The monoisotopic (exact) mass is 359 g/mol. The fraction of sp³-hybridized carbons (Fsp3) is 0.400. The average molecular weight is 359 g/mol. The van der Waals surface area contributed by atoms with Crippen LogP contribution in [0.2, 0.25) is 0 Å². The van der Waals surface area contributed by atoms with E-state index in [9.17, 15) is 13.6 Å². The molecule has 1 aromatic heterocycles. The van der Waals surface area contributed by atoms with Gasteiger partial charge in [-0.05, 0) is 61.7 Å².